The van der Waals surface area contributed by atoms with Gasteiger partial charge in [0.15, 0.2) is 0 Å². The molecule has 0 aliphatic carbocycles. The number of nitrogens with one attached hydrogen (secondary N) is 1. The van der Waals surface area contributed by atoms with Gasteiger partial charge in [-0.25, -0.2) is 14.8 Å². The summed E-state index contributed by atoms with van der Waals surface area (Å²) < 4.78 is 10.1. The zero-order chi connectivity index (χ0) is 17.6. The highest BCUT2D eigenvalue weighted by Gasteiger charge is 2.14. The first-order valence-electron chi connectivity index (χ1n) is 8.20. The number of ether oxygens (including phenoxy) is 2. The van der Waals surface area contributed by atoms with Gasteiger partial charge in [-0.05, 0) is 18.6 Å². The number of rotatable bonds is 5. The van der Waals surface area contributed by atoms with Crippen LogP contribution in [-0.2, 0) is 15.9 Å². The van der Waals surface area contributed by atoms with Crippen LogP contribution in [0.3, 0.4) is 0 Å². The van der Waals surface area contributed by atoms with Crippen LogP contribution in [0.25, 0.3) is 0 Å². The van der Waals surface area contributed by atoms with E-state index in [-0.39, 0.29) is 12.2 Å². The Morgan fingerprint density at radius 1 is 1.28 bits per heavy atom. The maximum absolute atomic E-state index is 12.0. The molecule has 1 saturated heterocycles. The van der Waals surface area contributed by atoms with Gasteiger partial charge < -0.3 is 19.4 Å². The summed E-state index contributed by atoms with van der Waals surface area (Å²) in [6.45, 7) is 4.97. The molecule has 132 valence electrons. The number of esters is 1. The van der Waals surface area contributed by atoms with Crippen molar-refractivity contribution in [3.8, 4) is 0 Å². The summed E-state index contributed by atoms with van der Waals surface area (Å²) in [5.74, 6) is 0.712. The smallest absolute Gasteiger partial charge is 0.345 e. The van der Waals surface area contributed by atoms with E-state index in [0.29, 0.717) is 25.5 Å². The zero-order valence-electron chi connectivity index (χ0n) is 14.0. The highest BCUT2D eigenvalue weighted by Crippen LogP contribution is 2.14. The lowest BCUT2D eigenvalue weighted by Gasteiger charge is -2.27. The van der Waals surface area contributed by atoms with Crippen LogP contribution < -0.4 is 10.5 Å². The van der Waals surface area contributed by atoms with Crippen molar-refractivity contribution in [3.05, 3.63) is 51.8 Å². The number of carbonyl (C=O) groups is 1. The Morgan fingerprint density at radius 3 is 2.72 bits per heavy atom. The lowest BCUT2D eigenvalue weighted by molar-refractivity contribution is 0.0523. The zero-order valence-corrected chi connectivity index (χ0v) is 14.0. The van der Waals surface area contributed by atoms with Gasteiger partial charge in [0.25, 0.3) is 5.56 Å². The molecule has 1 N–H and O–H groups in total. The SMILES string of the molecule is CCOC(=O)c1cnc(Cc2ccc(N3CCOCC3)nc2)[nH]c1=O. The summed E-state index contributed by atoms with van der Waals surface area (Å²) in [7, 11) is 0. The molecule has 0 aromatic carbocycles. The van der Waals surface area contributed by atoms with Crippen LogP contribution in [0.15, 0.2) is 29.3 Å². The lowest BCUT2D eigenvalue weighted by Crippen LogP contribution is -2.36. The standard InChI is InChI=1S/C17H20N4O4/c1-2-25-17(23)13-11-18-14(20-16(13)22)9-12-3-4-15(19-10-12)21-5-7-24-8-6-21/h3-4,10-11H,2,5-9H2,1H3,(H,18,20,22). The normalized spacial score (nSPS) is 14.4. The predicted octanol–water partition coefficient (Wildman–Crippen LogP) is 0.769. The molecule has 8 nitrogen and oxygen atoms in total. The number of aromatic nitrogens is 3. The van der Waals surface area contributed by atoms with Crippen LogP contribution in [0.1, 0.15) is 28.7 Å². The second-order valence-corrected chi connectivity index (χ2v) is 5.59. The molecular weight excluding hydrogens is 324 g/mol. The van der Waals surface area contributed by atoms with Crippen molar-refractivity contribution < 1.29 is 14.3 Å². The Balaban J connectivity index is 1.68. The lowest BCUT2D eigenvalue weighted by atomic mass is 10.2. The maximum atomic E-state index is 12.0. The minimum absolute atomic E-state index is 0.0913. The van der Waals surface area contributed by atoms with Gasteiger partial charge in [0.2, 0.25) is 0 Å². The third kappa shape index (κ3) is 4.21. The van der Waals surface area contributed by atoms with E-state index >= 15 is 0 Å². The van der Waals surface area contributed by atoms with Crippen molar-refractivity contribution in [1.82, 2.24) is 15.0 Å². The molecular formula is C17H20N4O4. The first-order valence-corrected chi connectivity index (χ1v) is 8.20. The molecule has 8 heteroatoms. The number of hydrogen-bond donors (Lipinski definition) is 1. The number of morpholine rings is 1. The summed E-state index contributed by atoms with van der Waals surface area (Å²) in [5.41, 5.74) is 0.330. The molecule has 0 unspecified atom stereocenters. The van der Waals surface area contributed by atoms with Gasteiger partial charge in [0.05, 0.1) is 19.8 Å². The summed E-state index contributed by atoms with van der Waals surface area (Å²) in [6.07, 6.45) is 3.44. The number of hydrogen-bond acceptors (Lipinski definition) is 7. The van der Waals surface area contributed by atoms with E-state index in [4.69, 9.17) is 9.47 Å². The van der Waals surface area contributed by atoms with E-state index < -0.39 is 11.5 Å². The molecule has 1 fully saturated rings. The van der Waals surface area contributed by atoms with E-state index in [1.54, 1.807) is 13.1 Å². The molecule has 25 heavy (non-hydrogen) atoms. The van der Waals surface area contributed by atoms with E-state index in [2.05, 4.69) is 19.9 Å². The fourth-order valence-corrected chi connectivity index (χ4v) is 2.57. The number of anilines is 1. The number of H-pyrrole nitrogens is 1. The van der Waals surface area contributed by atoms with E-state index in [9.17, 15) is 9.59 Å². The third-order valence-electron chi connectivity index (χ3n) is 3.86. The summed E-state index contributed by atoms with van der Waals surface area (Å²) >= 11 is 0. The molecule has 0 bridgehead atoms. The van der Waals surface area contributed by atoms with Crippen LogP contribution in [0.4, 0.5) is 5.82 Å². The molecule has 3 heterocycles. The quantitative estimate of drug-likeness (QED) is 0.800. The largest absolute Gasteiger partial charge is 0.462 e. The van der Waals surface area contributed by atoms with Crippen molar-refractivity contribution in [1.29, 1.82) is 0 Å². The molecule has 0 saturated carbocycles. The Hall–Kier alpha value is -2.74. The van der Waals surface area contributed by atoms with Crippen molar-refractivity contribution in [2.24, 2.45) is 0 Å². The molecule has 3 rings (SSSR count). The number of carbonyl (C=O) groups excluding carboxylic acids is 1. The van der Waals surface area contributed by atoms with E-state index in [1.165, 1.54) is 6.20 Å². The fourth-order valence-electron chi connectivity index (χ4n) is 2.57. The van der Waals surface area contributed by atoms with Crippen LogP contribution in [0, 0.1) is 0 Å². The van der Waals surface area contributed by atoms with Crippen LogP contribution in [0.5, 0.6) is 0 Å². The van der Waals surface area contributed by atoms with Gasteiger partial charge in [-0.15, -0.1) is 0 Å². The monoisotopic (exact) mass is 344 g/mol. The van der Waals surface area contributed by atoms with Crippen molar-refractivity contribution in [2.45, 2.75) is 13.3 Å². The maximum Gasteiger partial charge on any atom is 0.345 e. The molecule has 1 aliphatic heterocycles. The second-order valence-electron chi connectivity index (χ2n) is 5.59. The number of nitrogens with zero attached hydrogens (tertiary/aromatic N) is 3. The topological polar surface area (TPSA) is 97.4 Å². The highest BCUT2D eigenvalue weighted by molar-refractivity contribution is 5.88. The Bertz CT molecular complexity index is 782. The average molecular weight is 344 g/mol. The van der Waals surface area contributed by atoms with Gasteiger partial charge in [-0.3, -0.25) is 4.79 Å². The van der Waals surface area contributed by atoms with E-state index in [1.807, 2.05) is 12.1 Å². The molecule has 0 radical (unpaired) electrons. The minimum atomic E-state index is -0.667. The van der Waals surface area contributed by atoms with Crippen molar-refractivity contribution in [2.75, 3.05) is 37.8 Å². The van der Waals surface area contributed by atoms with Gasteiger partial charge in [0.1, 0.15) is 17.2 Å². The van der Waals surface area contributed by atoms with Crippen LogP contribution in [0.2, 0.25) is 0 Å². The molecule has 2 aromatic rings. The molecule has 0 spiro atoms. The Morgan fingerprint density at radius 2 is 2.08 bits per heavy atom. The minimum Gasteiger partial charge on any atom is -0.462 e. The summed E-state index contributed by atoms with van der Waals surface area (Å²) in [6, 6.07) is 3.91. The first kappa shape index (κ1) is 17.1. The van der Waals surface area contributed by atoms with Crippen molar-refractivity contribution in [3.63, 3.8) is 0 Å². The first-order chi connectivity index (χ1) is 12.2. The third-order valence-corrected chi connectivity index (χ3v) is 3.86. The molecule has 0 atom stereocenters. The number of pyridine rings is 1. The molecule has 0 amide bonds. The Labute approximate surface area is 144 Å². The van der Waals surface area contributed by atoms with Crippen LogP contribution >= 0.6 is 0 Å². The van der Waals surface area contributed by atoms with Crippen LogP contribution in [-0.4, -0.2) is 53.8 Å². The van der Waals surface area contributed by atoms with E-state index in [0.717, 1.165) is 24.5 Å². The fraction of sp³-hybridized carbons (Fsp3) is 0.412. The summed E-state index contributed by atoms with van der Waals surface area (Å²) in [4.78, 5) is 37.0. The molecule has 2 aromatic heterocycles. The van der Waals surface area contributed by atoms with Gasteiger partial charge >= 0.3 is 5.97 Å². The second kappa shape index (κ2) is 7.89. The van der Waals surface area contributed by atoms with Gasteiger partial charge in [-0.1, -0.05) is 6.07 Å². The summed E-state index contributed by atoms with van der Waals surface area (Å²) in [5, 5.41) is 0. The Kier molecular flexibility index (Phi) is 5.39. The molecule has 1 aliphatic rings. The van der Waals surface area contributed by atoms with Gasteiger partial charge in [-0.2, -0.15) is 0 Å². The predicted molar refractivity (Wildman–Crippen MR) is 90.9 cm³/mol. The average Bonchev–Trinajstić information content (AvgIpc) is 2.63. The highest BCUT2D eigenvalue weighted by atomic mass is 16.5. The number of aromatic amines is 1. The van der Waals surface area contributed by atoms with Crippen molar-refractivity contribution >= 4 is 11.8 Å². The van der Waals surface area contributed by atoms with Gasteiger partial charge in [0, 0.05) is 31.9 Å².